The SMILES string of the molecule is CC1=NN(c2ccc(Cl)cc2Cl)C(=O)/C1=C/c1cccc([N+](=O)[O-])c1. The normalized spacial score (nSPS) is 15.6. The molecule has 2 aromatic rings. The molecular formula is C17H11Cl2N3O3. The second-order valence-electron chi connectivity index (χ2n) is 5.31. The summed E-state index contributed by atoms with van der Waals surface area (Å²) in [6.45, 7) is 1.69. The number of anilines is 1. The van der Waals surface area contributed by atoms with Crippen LogP contribution in [-0.2, 0) is 4.79 Å². The molecule has 126 valence electrons. The van der Waals surface area contributed by atoms with Gasteiger partial charge in [0.2, 0.25) is 0 Å². The molecule has 0 aromatic heterocycles. The summed E-state index contributed by atoms with van der Waals surface area (Å²) in [4.78, 5) is 23.1. The lowest BCUT2D eigenvalue weighted by Gasteiger charge is -2.13. The topological polar surface area (TPSA) is 75.8 Å². The number of nitro groups is 1. The predicted octanol–water partition coefficient (Wildman–Crippen LogP) is 4.71. The summed E-state index contributed by atoms with van der Waals surface area (Å²) in [6.07, 6.45) is 1.57. The van der Waals surface area contributed by atoms with Crippen LogP contribution in [0.4, 0.5) is 11.4 Å². The Hall–Kier alpha value is -2.70. The monoisotopic (exact) mass is 375 g/mol. The highest BCUT2D eigenvalue weighted by Crippen LogP contribution is 2.33. The number of nitro benzene ring substituents is 1. The average molecular weight is 376 g/mol. The van der Waals surface area contributed by atoms with Crippen LogP contribution in [0.2, 0.25) is 10.0 Å². The molecule has 0 unspecified atom stereocenters. The second kappa shape index (κ2) is 6.66. The molecule has 0 saturated carbocycles. The summed E-state index contributed by atoms with van der Waals surface area (Å²) in [5.74, 6) is -0.367. The number of carbonyl (C=O) groups excluding carboxylic acids is 1. The number of amides is 1. The fourth-order valence-corrected chi connectivity index (χ4v) is 2.88. The van der Waals surface area contributed by atoms with E-state index in [-0.39, 0.29) is 11.6 Å². The first kappa shape index (κ1) is 17.1. The van der Waals surface area contributed by atoms with Gasteiger partial charge in [0.25, 0.3) is 11.6 Å². The smallest absolute Gasteiger partial charge is 0.267 e. The quantitative estimate of drug-likeness (QED) is 0.442. The van der Waals surface area contributed by atoms with E-state index in [0.29, 0.717) is 32.6 Å². The minimum atomic E-state index is -0.487. The van der Waals surface area contributed by atoms with Gasteiger partial charge in [-0.25, -0.2) is 0 Å². The van der Waals surface area contributed by atoms with Gasteiger partial charge in [0.15, 0.2) is 0 Å². The number of nitrogens with zero attached hydrogens (tertiary/aromatic N) is 3. The number of rotatable bonds is 3. The standard InChI is InChI=1S/C17H11Cl2N3O3/c1-10-14(8-11-3-2-4-13(7-11)22(24)25)17(23)21(20-10)16-6-5-12(18)9-15(16)19/h2-9H,1H3/b14-8+. The molecule has 3 rings (SSSR count). The zero-order chi connectivity index (χ0) is 18.1. The van der Waals surface area contributed by atoms with Gasteiger partial charge in [0, 0.05) is 17.2 Å². The number of hydrogen-bond donors (Lipinski definition) is 0. The number of carbonyl (C=O) groups is 1. The van der Waals surface area contributed by atoms with Crippen molar-refractivity contribution in [3.8, 4) is 0 Å². The van der Waals surface area contributed by atoms with E-state index in [1.807, 2.05) is 0 Å². The van der Waals surface area contributed by atoms with Crippen molar-refractivity contribution in [2.24, 2.45) is 5.10 Å². The van der Waals surface area contributed by atoms with E-state index in [4.69, 9.17) is 23.2 Å². The van der Waals surface area contributed by atoms with Gasteiger partial charge in [0.1, 0.15) is 0 Å². The highest BCUT2D eigenvalue weighted by molar-refractivity contribution is 6.38. The molecule has 0 bridgehead atoms. The third-order valence-electron chi connectivity index (χ3n) is 3.59. The van der Waals surface area contributed by atoms with Gasteiger partial charge in [0.05, 0.1) is 26.9 Å². The summed E-state index contributed by atoms with van der Waals surface area (Å²) >= 11 is 12.0. The van der Waals surface area contributed by atoms with Crippen LogP contribution < -0.4 is 5.01 Å². The number of halogens is 2. The van der Waals surface area contributed by atoms with E-state index in [2.05, 4.69) is 5.10 Å². The molecule has 0 spiro atoms. The molecule has 1 aliphatic rings. The number of non-ortho nitro benzene ring substituents is 1. The Kier molecular flexibility index (Phi) is 4.57. The van der Waals surface area contributed by atoms with Crippen LogP contribution in [-0.4, -0.2) is 16.5 Å². The maximum absolute atomic E-state index is 12.7. The van der Waals surface area contributed by atoms with Crippen LogP contribution in [0.25, 0.3) is 6.08 Å². The lowest BCUT2D eigenvalue weighted by atomic mass is 10.1. The average Bonchev–Trinajstić information content (AvgIpc) is 2.83. The number of hydrogen-bond acceptors (Lipinski definition) is 4. The van der Waals surface area contributed by atoms with Gasteiger partial charge in [-0.1, -0.05) is 35.3 Å². The van der Waals surface area contributed by atoms with Gasteiger partial charge in [-0.05, 0) is 36.8 Å². The van der Waals surface area contributed by atoms with Crippen molar-refractivity contribution in [3.05, 3.63) is 73.8 Å². The molecule has 0 saturated heterocycles. The van der Waals surface area contributed by atoms with Crippen LogP contribution in [0.3, 0.4) is 0 Å². The fourth-order valence-electron chi connectivity index (χ4n) is 2.40. The Morgan fingerprint density at radius 2 is 1.96 bits per heavy atom. The molecule has 1 amide bonds. The molecule has 0 N–H and O–H groups in total. The van der Waals surface area contributed by atoms with Gasteiger partial charge < -0.3 is 0 Å². The molecule has 0 fully saturated rings. The Labute approximate surface area is 153 Å². The predicted molar refractivity (Wildman–Crippen MR) is 98.1 cm³/mol. The maximum atomic E-state index is 12.7. The summed E-state index contributed by atoms with van der Waals surface area (Å²) in [6, 6.07) is 10.8. The van der Waals surface area contributed by atoms with Gasteiger partial charge in [-0.3, -0.25) is 14.9 Å². The molecule has 0 atom stereocenters. The summed E-state index contributed by atoms with van der Waals surface area (Å²) in [7, 11) is 0. The highest BCUT2D eigenvalue weighted by Gasteiger charge is 2.30. The third kappa shape index (κ3) is 3.40. The van der Waals surface area contributed by atoms with E-state index in [1.54, 1.807) is 37.3 Å². The minimum absolute atomic E-state index is 0.0491. The second-order valence-corrected chi connectivity index (χ2v) is 6.15. The van der Waals surface area contributed by atoms with Crippen LogP contribution in [0.15, 0.2) is 53.1 Å². The molecule has 8 heteroatoms. The summed E-state index contributed by atoms with van der Waals surface area (Å²) in [5, 5.41) is 17.1. The van der Waals surface area contributed by atoms with Crippen molar-refractivity contribution in [1.29, 1.82) is 0 Å². The van der Waals surface area contributed by atoms with Crippen LogP contribution in [0.5, 0.6) is 0 Å². The van der Waals surface area contributed by atoms with E-state index < -0.39 is 4.92 Å². The van der Waals surface area contributed by atoms with E-state index in [9.17, 15) is 14.9 Å². The van der Waals surface area contributed by atoms with Gasteiger partial charge in [-0.15, -0.1) is 0 Å². The molecule has 1 aliphatic heterocycles. The first-order valence-corrected chi connectivity index (χ1v) is 7.93. The summed E-state index contributed by atoms with van der Waals surface area (Å²) in [5.41, 5.74) is 1.73. The highest BCUT2D eigenvalue weighted by atomic mass is 35.5. The minimum Gasteiger partial charge on any atom is -0.267 e. The fraction of sp³-hybridized carbons (Fsp3) is 0.0588. The zero-order valence-corrected chi connectivity index (χ0v) is 14.5. The first-order chi connectivity index (χ1) is 11.9. The third-order valence-corrected chi connectivity index (χ3v) is 4.13. The molecule has 0 radical (unpaired) electrons. The number of hydrazone groups is 1. The molecule has 6 nitrogen and oxygen atoms in total. The molecule has 2 aromatic carbocycles. The van der Waals surface area contributed by atoms with Crippen LogP contribution >= 0.6 is 23.2 Å². The zero-order valence-electron chi connectivity index (χ0n) is 12.9. The molecular weight excluding hydrogens is 365 g/mol. The van der Waals surface area contributed by atoms with Crippen molar-refractivity contribution in [1.82, 2.24) is 0 Å². The maximum Gasteiger partial charge on any atom is 0.280 e. The van der Waals surface area contributed by atoms with Gasteiger partial charge in [-0.2, -0.15) is 10.1 Å². The Bertz CT molecular complexity index is 954. The largest absolute Gasteiger partial charge is 0.280 e. The van der Waals surface area contributed by atoms with Crippen LogP contribution in [0, 0.1) is 10.1 Å². The van der Waals surface area contributed by atoms with Crippen molar-refractivity contribution in [3.63, 3.8) is 0 Å². The Morgan fingerprint density at radius 3 is 2.64 bits per heavy atom. The molecule has 1 heterocycles. The van der Waals surface area contributed by atoms with Gasteiger partial charge >= 0.3 is 0 Å². The Balaban J connectivity index is 1.97. The lowest BCUT2D eigenvalue weighted by molar-refractivity contribution is -0.384. The lowest BCUT2D eigenvalue weighted by Crippen LogP contribution is -2.21. The Morgan fingerprint density at radius 1 is 1.20 bits per heavy atom. The molecule has 25 heavy (non-hydrogen) atoms. The van der Waals surface area contributed by atoms with Crippen molar-refractivity contribution < 1.29 is 9.72 Å². The van der Waals surface area contributed by atoms with Crippen molar-refractivity contribution in [2.75, 3.05) is 5.01 Å². The molecule has 0 aliphatic carbocycles. The van der Waals surface area contributed by atoms with E-state index >= 15 is 0 Å². The van der Waals surface area contributed by atoms with Crippen molar-refractivity contribution >= 4 is 52.3 Å². The number of benzene rings is 2. The van der Waals surface area contributed by atoms with Crippen molar-refractivity contribution in [2.45, 2.75) is 6.92 Å². The van der Waals surface area contributed by atoms with E-state index in [0.717, 1.165) is 0 Å². The summed E-state index contributed by atoms with van der Waals surface area (Å²) < 4.78 is 0. The first-order valence-electron chi connectivity index (χ1n) is 7.18. The van der Waals surface area contributed by atoms with Crippen LogP contribution in [0.1, 0.15) is 12.5 Å². The van der Waals surface area contributed by atoms with E-state index in [1.165, 1.54) is 23.2 Å².